The summed E-state index contributed by atoms with van der Waals surface area (Å²) in [7, 11) is 0. The first-order valence-corrected chi connectivity index (χ1v) is 4.90. The zero-order valence-electron chi connectivity index (χ0n) is 9.07. The molecule has 0 radical (unpaired) electrons. The monoisotopic (exact) mass is 206 g/mol. The summed E-state index contributed by atoms with van der Waals surface area (Å²) < 4.78 is 4.91. The molecule has 1 heterocycles. The van der Waals surface area contributed by atoms with E-state index in [0.717, 1.165) is 11.6 Å². The molecule has 0 spiro atoms. The molecule has 0 amide bonds. The topological polar surface area (TPSA) is 50.4 Å². The number of rotatable bonds is 0. The molecule has 0 aliphatic heterocycles. The van der Waals surface area contributed by atoms with Gasteiger partial charge in [0.2, 0.25) is 0 Å². The van der Waals surface area contributed by atoms with Crippen LogP contribution in [0.4, 0.5) is 0 Å². The van der Waals surface area contributed by atoms with Crippen LogP contribution < -0.4 is 5.63 Å². The Morgan fingerprint density at radius 3 is 2.53 bits per heavy atom. The Morgan fingerprint density at radius 2 is 1.87 bits per heavy atom. The maximum Gasteiger partial charge on any atom is 0.339 e. The first-order chi connectivity index (χ1) is 7.16. The minimum Gasteiger partial charge on any atom is -0.507 e. The predicted octanol–water partition coefficient (Wildman–Crippen LogP) is 2.83. The van der Waals surface area contributed by atoms with Gasteiger partial charge in [0.1, 0.15) is 11.3 Å². The zero-order chi connectivity index (χ0) is 11.4. The van der Waals surface area contributed by atoms with Crippen molar-refractivity contribution in [2.75, 3.05) is 0 Å². The van der Waals surface area contributed by atoms with Crippen molar-refractivity contribution in [3.63, 3.8) is 0 Å². The van der Waals surface area contributed by atoms with E-state index in [0.29, 0.717) is 11.0 Å². The fourth-order valence-electron chi connectivity index (χ4n) is 1.25. The third-order valence-electron chi connectivity index (χ3n) is 1.88. The molecule has 0 saturated carbocycles. The van der Waals surface area contributed by atoms with Gasteiger partial charge in [-0.25, -0.2) is 4.79 Å². The lowest BCUT2D eigenvalue weighted by atomic mass is 10.1. The molecule has 15 heavy (non-hydrogen) atoms. The van der Waals surface area contributed by atoms with Crippen LogP contribution in [0, 0.1) is 6.92 Å². The quantitative estimate of drug-likeness (QED) is 0.674. The van der Waals surface area contributed by atoms with Crippen LogP contribution in [0.1, 0.15) is 19.4 Å². The van der Waals surface area contributed by atoms with E-state index in [2.05, 4.69) is 0 Å². The molecule has 0 aliphatic rings. The van der Waals surface area contributed by atoms with E-state index in [1.54, 1.807) is 12.1 Å². The second-order valence-electron chi connectivity index (χ2n) is 2.95. The summed E-state index contributed by atoms with van der Waals surface area (Å²) in [6.45, 7) is 5.89. The number of hydrogen-bond donors (Lipinski definition) is 1. The maximum atomic E-state index is 10.9. The van der Waals surface area contributed by atoms with Gasteiger partial charge in [0.15, 0.2) is 0 Å². The molecule has 80 valence electrons. The van der Waals surface area contributed by atoms with Crippen molar-refractivity contribution in [1.29, 1.82) is 0 Å². The van der Waals surface area contributed by atoms with Crippen molar-refractivity contribution >= 4 is 11.0 Å². The maximum absolute atomic E-state index is 10.9. The smallest absolute Gasteiger partial charge is 0.339 e. The summed E-state index contributed by atoms with van der Waals surface area (Å²) >= 11 is 0. The van der Waals surface area contributed by atoms with Gasteiger partial charge >= 0.3 is 5.63 Å². The number of benzene rings is 1. The Morgan fingerprint density at radius 1 is 1.20 bits per heavy atom. The first kappa shape index (κ1) is 11.3. The Labute approximate surface area is 88.0 Å². The summed E-state index contributed by atoms with van der Waals surface area (Å²) in [6, 6.07) is 6.36. The molecule has 3 nitrogen and oxygen atoms in total. The van der Waals surface area contributed by atoms with Gasteiger partial charge in [-0.2, -0.15) is 0 Å². The van der Waals surface area contributed by atoms with Gasteiger partial charge < -0.3 is 9.52 Å². The highest BCUT2D eigenvalue weighted by Gasteiger charge is 2.02. The molecule has 0 saturated heterocycles. The van der Waals surface area contributed by atoms with Crippen LogP contribution in [-0.4, -0.2) is 5.11 Å². The Bertz CT molecular complexity index is 512. The minimum atomic E-state index is -0.532. The van der Waals surface area contributed by atoms with Crippen LogP contribution in [0.15, 0.2) is 33.5 Å². The molecule has 2 rings (SSSR count). The lowest BCUT2D eigenvalue weighted by Crippen LogP contribution is -1.95. The highest BCUT2D eigenvalue weighted by Crippen LogP contribution is 2.22. The average Bonchev–Trinajstić information content (AvgIpc) is 2.19. The number of fused-ring (bicyclic) bond motifs is 1. The van der Waals surface area contributed by atoms with Crippen LogP contribution >= 0.6 is 0 Å². The van der Waals surface area contributed by atoms with Crippen molar-refractivity contribution in [3.8, 4) is 5.75 Å². The summed E-state index contributed by atoms with van der Waals surface area (Å²) in [5.41, 5.74) is 0.877. The van der Waals surface area contributed by atoms with E-state index in [1.165, 1.54) is 0 Å². The summed E-state index contributed by atoms with van der Waals surface area (Å²) in [4.78, 5) is 10.9. The van der Waals surface area contributed by atoms with Crippen LogP contribution in [0.5, 0.6) is 5.75 Å². The van der Waals surface area contributed by atoms with Crippen molar-refractivity contribution in [2.45, 2.75) is 20.8 Å². The molecule has 0 aliphatic carbocycles. The van der Waals surface area contributed by atoms with Crippen LogP contribution in [0.3, 0.4) is 0 Å². The fraction of sp³-hybridized carbons (Fsp3) is 0.250. The molecule has 0 atom stereocenters. The van der Waals surface area contributed by atoms with Crippen LogP contribution in [0.2, 0.25) is 0 Å². The molecule has 2 aromatic rings. The van der Waals surface area contributed by atoms with Crippen molar-refractivity contribution in [3.05, 3.63) is 40.2 Å². The molecule has 1 aromatic carbocycles. The number of hydrogen-bond acceptors (Lipinski definition) is 3. The van der Waals surface area contributed by atoms with Gasteiger partial charge in [-0.15, -0.1) is 0 Å². The largest absolute Gasteiger partial charge is 0.507 e. The lowest BCUT2D eigenvalue weighted by Gasteiger charge is -1.99. The Hall–Kier alpha value is -1.77. The van der Waals surface area contributed by atoms with Gasteiger partial charge in [-0.05, 0) is 24.6 Å². The SMILES string of the molecule is CC.Cc1ccc2c(O)cc(=O)oc2c1. The van der Waals surface area contributed by atoms with E-state index >= 15 is 0 Å². The van der Waals surface area contributed by atoms with Crippen molar-refractivity contribution in [2.24, 2.45) is 0 Å². The van der Waals surface area contributed by atoms with E-state index in [1.807, 2.05) is 26.8 Å². The molecule has 1 N–H and O–H groups in total. The van der Waals surface area contributed by atoms with Crippen LogP contribution in [0.25, 0.3) is 11.0 Å². The molecular weight excluding hydrogens is 192 g/mol. The molecule has 3 heteroatoms. The number of aromatic hydroxyl groups is 1. The van der Waals surface area contributed by atoms with E-state index in [9.17, 15) is 9.90 Å². The summed E-state index contributed by atoms with van der Waals surface area (Å²) in [5, 5.41) is 9.94. The van der Waals surface area contributed by atoms with Gasteiger partial charge in [-0.1, -0.05) is 19.9 Å². The summed E-state index contributed by atoms with van der Waals surface area (Å²) in [6.07, 6.45) is 0. The lowest BCUT2D eigenvalue weighted by molar-refractivity contribution is 0.468. The van der Waals surface area contributed by atoms with E-state index in [-0.39, 0.29) is 5.75 Å². The summed E-state index contributed by atoms with van der Waals surface area (Å²) in [5.74, 6) is -0.0359. The third-order valence-corrected chi connectivity index (χ3v) is 1.88. The van der Waals surface area contributed by atoms with E-state index in [4.69, 9.17) is 4.42 Å². The third kappa shape index (κ3) is 2.37. The zero-order valence-corrected chi connectivity index (χ0v) is 9.07. The second-order valence-corrected chi connectivity index (χ2v) is 2.95. The highest BCUT2D eigenvalue weighted by atomic mass is 16.4. The van der Waals surface area contributed by atoms with Gasteiger partial charge in [0, 0.05) is 0 Å². The average molecular weight is 206 g/mol. The normalized spacial score (nSPS) is 9.53. The number of aryl methyl sites for hydroxylation is 1. The molecule has 1 aromatic heterocycles. The molecule has 0 unspecified atom stereocenters. The predicted molar refractivity (Wildman–Crippen MR) is 60.2 cm³/mol. The fourth-order valence-corrected chi connectivity index (χ4v) is 1.25. The van der Waals surface area contributed by atoms with Crippen LogP contribution in [-0.2, 0) is 0 Å². The van der Waals surface area contributed by atoms with Gasteiger partial charge in [-0.3, -0.25) is 0 Å². The Kier molecular flexibility index (Phi) is 3.50. The standard InChI is InChI=1S/C10H8O3.C2H6/c1-6-2-3-7-8(11)5-10(12)13-9(7)4-6;1-2/h2-5,11H,1H3;1-2H3. The minimum absolute atomic E-state index is 0.0359. The van der Waals surface area contributed by atoms with E-state index < -0.39 is 5.63 Å². The van der Waals surface area contributed by atoms with Gasteiger partial charge in [0.05, 0.1) is 11.5 Å². The van der Waals surface area contributed by atoms with Crippen molar-refractivity contribution in [1.82, 2.24) is 0 Å². The molecule has 0 fully saturated rings. The highest BCUT2D eigenvalue weighted by molar-refractivity contribution is 5.83. The van der Waals surface area contributed by atoms with Gasteiger partial charge in [0.25, 0.3) is 0 Å². The van der Waals surface area contributed by atoms with Crippen molar-refractivity contribution < 1.29 is 9.52 Å². The second kappa shape index (κ2) is 4.64. The molecule has 0 bridgehead atoms. The Balaban J connectivity index is 0.000000531. The first-order valence-electron chi connectivity index (χ1n) is 4.90. The molecular formula is C12H14O3.